The Bertz CT molecular complexity index is 153. The molecule has 0 aromatic carbocycles. The molecule has 3 heteroatoms. The fraction of sp³-hybridized carbons (Fsp3) is 1.00. The summed E-state index contributed by atoms with van der Waals surface area (Å²) >= 11 is 0. The van der Waals surface area contributed by atoms with E-state index in [9.17, 15) is 0 Å². The van der Waals surface area contributed by atoms with Gasteiger partial charge in [-0.2, -0.15) is 0 Å². The van der Waals surface area contributed by atoms with Crippen molar-refractivity contribution in [1.82, 2.24) is 10.2 Å². The van der Waals surface area contributed by atoms with Gasteiger partial charge in [-0.15, -0.1) is 0 Å². The van der Waals surface area contributed by atoms with E-state index in [1.165, 1.54) is 38.9 Å². The summed E-state index contributed by atoms with van der Waals surface area (Å²) < 4.78 is 0. The Morgan fingerprint density at radius 2 is 2.07 bits per heavy atom. The predicted octanol–water partition coefficient (Wildman–Crippen LogP) is 1.05. The zero-order valence-electron chi connectivity index (χ0n) is 10.3. The van der Waals surface area contributed by atoms with E-state index in [2.05, 4.69) is 24.1 Å². The number of likely N-dealkylation sites (tertiary alicyclic amines) is 1. The van der Waals surface area contributed by atoms with Gasteiger partial charge in [0.25, 0.3) is 0 Å². The van der Waals surface area contributed by atoms with Crippen LogP contribution in [0.15, 0.2) is 0 Å². The first-order valence-electron chi connectivity index (χ1n) is 6.42. The van der Waals surface area contributed by atoms with Crippen molar-refractivity contribution < 1.29 is 0 Å². The van der Waals surface area contributed by atoms with Crippen LogP contribution in [0.3, 0.4) is 0 Å². The molecule has 1 atom stereocenters. The number of rotatable bonds is 6. The summed E-state index contributed by atoms with van der Waals surface area (Å²) in [5.74, 6) is 0.882. The number of hydrogen-bond donors (Lipinski definition) is 2. The maximum atomic E-state index is 5.56. The lowest BCUT2D eigenvalue weighted by atomic mass is 9.96. The summed E-state index contributed by atoms with van der Waals surface area (Å²) in [7, 11) is 0. The molecule has 0 radical (unpaired) electrons. The number of piperidine rings is 1. The Morgan fingerprint density at radius 1 is 1.40 bits per heavy atom. The zero-order chi connectivity index (χ0) is 11.1. The van der Waals surface area contributed by atoms with Crippen LogP contribution in [0.5, 0.6) is 0 Å². The molecule has 0 amide bonds. The Morgan fingerprint density at radius 3 is 2.60 bits per heavy atom. The van der Waals surface area contributed by atoms with Crippen molar-refractivity contribution in [2.24, 2.45) is 11.7 Å². The van der Waals surface area contributed by atoms with Gasteiger partial charge in [0.15, 0.2) is 0 Å². The van der Waals surface area contributed by atoms with Gasteiger partial charge in [-0.3, -0.25) is 0 Å². The van der Waals surface area contributed by atoms with Gasteiger partial charge in [0, 0.05) is 19.1 Å². The van der Waals surface area contributed by atoms with E-state index in [4.69, 9.17) is 5.73 Å². The molecule has 1 aliphatic rings. The zero-order valence-corrected chi connectivity index (χ0v) is 10.3. The molecule has 0 aromatic heterocycles. The number of nitrogens with zero attached hydrogens (tertiary/aromatic N) is 1. The van der Waals surface area contributed by atoms with Crippen LogP contribution < -0.4 is 11.1 Å². The largest absolute Gasteiger partial charge is 0.329 e. The standard InChI is InChI=1S/C12H27N3/c1-3-11(2)14-10-12-4-7-15(8-5-12)9-6-13/h11-12,14H,3-10,13H2,1-2H3. The number of hydrogen-bond acceptors (Lipinski definition) is 3. The third kappa shape index (κ3) is 4.96. The predicted molar refractivity (Wildman–Crippen MR) is 66.0 cm³/mol. The molecule has 3 N–H and O–H groups in total. The molecule has 0 spiro atoms. The van der Waals surface area contributed by atoms with Crippen molar-refractivity contribution in [2.75, 3.05) is 32.7 Å². The first kappa shape index (κ1) is 12.9. The summed E-state index contributed by atoms with van der Waals surface area (Å²) in [6, 6.07) is 0.673. The molecule has 1 saturated heterocycles. The van der Waals surface area contributed by atoms with Gasteiger partial charge in [-0.05, 0) is 51.7 Å². The molecule has 0 saturated carbocycles. The van der Waals surface area contributed by atoms with Crippen molar-refractivity contribution in [3.05, 3.63) is 0 Å². The maximum absolute atomic E-state index is 5.56. The highest BCUT2D eigenvalue weighted by Crippen LogP contribution is 2.15. The average molecular weight is 213 g/mol. The van der Waals surface area contributed by atoms with Gasteiger partial charge < -0.3 is 16.0 Å². The molecule has 0 bridgehead atoms. The second-order valence-electron chi connectivity index (χ2n) is 4.79. The third-order valence-corrected chi connectivity index (χ3v) is 3.52. The lowest BCUT2D eigenvalue weighted by molar-refractivity contribution is 0.184. The fourth-order valence-electron chi connectivity index (χ4n) is 2.11. The van der Waals surface area contributed by atoms with E-state index in [1.54, 1.807) is 0 Å². The van der Waals surface area contributed by atoms with E-state index < -0.39 is 0 Å². The van der Waals surface area contributed by atoms with Crippen molar-refractivity contribution in [3.63, 3.8) is 0 Å². The Balaban J connectivity index is 2.09. The SMILES string of the molecule is CCC(C)NCC1CCN(CCN)CC1. The van der Waals surface area contributed by atoms with Crippen LogP contribution in [0.2, 0.25) is 0 Å². The molecule has 1 heterocycles. The summed E-state index contributed by atoms with van der Waals surface area (Å²) in [5, 5.41) is 3.61. The molecule has 0 aliphatic carbocycles. The quantitative estimate of drug-likeness (QED) is 0.693. The molecule has 0 aromatic rings. The van der Waals surface area contributed by atoms with Gasteiger partial charge in [-0.1, -0.05) is 6.92 Å². The van der Waals surface area contributed by atoms with Crippen molar-refractivity contribution >= 4 is 0 Å². The van der Waals surface area contributed by atoms with Crippen LogP contribution in [0.4, 0.5) is 0 Å². The minimum atomic E-state index is 0.673. The van der Waals surface area contributed by atoms with E-state index >= 15 is 0 Å². The minimum Gasteiger partial charge on any atom is -0.329 e. The highest BCUT2D eigenvalue weighted by Gasteiger charge is 2.18. The van der Waals surface area contributed by atoms with Crippen LogP contribution in [-0.4, -0.2) is 43.7 Å². The average Bonchev–Trinajstić information content (AvgIpc) is 2.28. The van der Waals surface area contributed by atoms with Crippen molar-refractivity contribution in [1.29, 1.82) is 0 Å². The minimum absolute atomic E-state index is 0.673. The fourth-order valence-corrected chi connectivity index (χ4v) is 2.11. The second-order valence-corrected chi connectivity index (χ2v) is 4.79. The van der Waals surface area contributed by atoms with Crippen LogP contribution in [0.1, 0.15) is 33.1 Å². The normalized spacial score (nSPS) is 21.8. The summed E-state index contributed by atoms with van der Waals surface area (Å²) in [6.07, 6.45) is 3.90. The first-order chi connectivity index (χ1) is 7.26. The first-order valence-corrected chi connectivity index (χ1v) is 6.42. The van der Waals surface area contributed by atoms with E-state index in [0.29, 0.717) is 6.04 Å². The highest BCUT2D eigenvalue weighted by molar-refractivity contribution is 4.74. The van der Waals surface area contributed by atoms with Gasteiger partial charge in [0.05, 0.1) is 0 Å². The molecular weight excluding hydrogens is 186 g/mol. The van der Waals surface area contributed by atoms with Crippen molar-refractivity contribution in [3.8, 4) is 0 Å². The summed E-state index contributed by atoms with van der Waals surface area (Å²) in [5.41, 5.74) is 5.56. The smallest absolute Gasteiger partial charge is 0.0105 e. The van der Waals surface area contributed by atoms with E-state index in [-0.39, 0.29) is 0 Å². The third-order valence-electron chi connectivity index (χ3n) is 3.52. The lowest BCUT2D eigenvalue weighted by Crippen LogP contribution is -2.40. The Labute approximate surface area is 94.4 Å². The van der Waals surface area contributed by atoms with Crippen molar-refractivity contribution in [2.45, 2.75) is 39.2 Å². The van der Waals surface area contributed by atoms with Gasteiger partial charge in [0.1, 0.15) is 0 Å². The van der Waals surface area contributed by atoms with Crippen LogP contribution in [0, 0.1) is 5.92 Å². The van der Waals surface area contributed by atoms with Crippen LogP contribution >= 0.6 is 0 Å². The van der Waals surface area contributed by atoms with Crippen LogP contribution in [-0.2, 0) is 0 Å². The molecule has 90 valence electrons. The number of nitrogens with two attached hydrogens (primary N) is 1. The van der Waals surface area contributed by atoms with Crippen LogP contribution in [0.25, 0.3) is 0 Å². The Hall–Kier alpha value is -0.120. The molecule has 1 fully saturated rings. The Kier molecular flexibility index (Phi) is 6.22. The molecule has 1 rings (SSSR count). The molecule has 1 unspecified atom stereocenters. The number of nitrogens with one attached hydrogen (secondary N) is 1. The second kappa shape index (κ2) is 7.20. The molecule has 15 heavy (non-hydrogen) atoms. The summed E-state index contributed by atoms with van der Waals surface area (Å²) in [6.45, 7) is 10.1. The molecular formula is C12H27N3. The lowest BCUT2D eigenvalue weighted by Gasteiger charge is -2.32. The monoisotopic (exact) mass is 213 g/mol. The highest BCUT2D eigenvalue weighted by atomic mass is 15.1. The van der Waals surface area contributed by atoms with E-state index in [1.807, 2.05) is 0 Å². The van der Waals surface area contributed by atoms with Gasteiger partial charge >= 0.3 is 0 Å². The van der Waals surface area contributed by atoms with E-state index in [0.717, 1.165) is 19.0 Å². The topological polar surface area (TPSA) is 41.3 Å². The maximum Gasteiger partial charge on any atom is 0.0105 e. The summed E-state index contributed by atoms with van der Waals surface area (Å²) in [4.78, 5) is 2.49. The van der Waals surface area contributed by atoms with Gasteiger partial charge in [-0.25, -0.2) is 0 Å². The molecule has 3 nitrogen and oxygen atoms in total. The van der Waals surface area contributed by atoms with Gasteiger partial charge in [0.2, 0.25) is 0 Å². The molecule has 1 aliphatic heterocycles.